The molecule has 0 atom stereocenters. The zero-order chi connectivity index (χ0) is 17.4. The van der Waals surface area contributed by atoms with Crippen molar-refractivity contribution in [1.29, 1.82) is 0 Å². The van der Waals surface area contributed by atoms with Crippen LogP contribution in [0, 0.1) is 6.92 Å². The van der Waals surface area contributed by atoms with Gasteiger partial charge in [0.1, 0.15) is 0 Å². The summed E-state index contributed by atoms with van der Waals surface area (Å²) in [5.74, 6) is 1.14. The molecule has 7 nitrogen and oxygen atoms in total. The lowest BCUT2D eigenvalue weighted by molar-refractivity contribution is 0.210. The molecule has 1 aromatic carbocycles. The summed E-state index contributed by atoms with van der Waals surface area (Å²) in [4.78, 5) is 6.72. The Morgan fingerprint density at radius 1 is 1.21 bits per heavy atom. The average molecular weight is 330 g/mol. The van der Waals surface area contributed by atoms with Crippen LogP contribution in [0.15, 0.2) is 24.4 Å². The van der Waals surface area contributed by atoms with Crippen LogP contribution in [0.5, 0.6) is 0 Å². The van der Waals surface area contributed by atoms with Crippen LogP contribution in [0.1, 0.15) is 19.4 Å². The summed E-state index contributed by atoms with van der Waals surface area (Å²) in [5.41, 5.74) is 3.33. The number of aryl methyl sites for hydroxylation is 1. The van der Waals surface area contributed by atoms with Crippen molar-refractivity contribution in [2.75, 3.05) is 48.9 Å². The minimum atomic E-state index is 0.469. The van der Waals surface area contributed by atoms with Crippen LogP contribution in [0.4, 0.5) is 23.1 Å². The van der Waals surface area contributed by atoms with Crippen LogP contribution in [-0.4, -0.2) is 48.5 Å². The quantitative estimate of drug-likeness (QED) is 0.685. The molecule has 0 amide bonds. The Hall–Kier alpha value is -2.41. The molecule has 0 saturated carbocycles. The average Bonchev–Trinajstić information content (AvgIpc) is 2.59. The SMILES string of the molecule is CCN(CC)c1ccc(Nc2nncc(NCCOC)n2)c(C)c1. The first-order valence-corrected chi connectivity index (χ1v) is 8.23. The van der Waals surface area contributed by atoms with E-state index < -0.39 is 0 Å². The van der Waals surface area contributed by atoms with E-state index in [0.717, 1.165) is 24.3 Å². The first kappa shape index (κ1) is 17.9. The molecule has 0 aliphatic carbocycles. The topological polar surface area (TPSA) is 75.2 Å². The zero-order valence-electron chi connectivity index (χ0n) is 14.8. The molecule has 2 N–H and O–H groups in total. The summed E-state index contributed by atoms with van der Waals surface area (Å²) in [7, 11) is 1.66. The fourth-order valence-electron chi connectivity index (χ4n) is 2.42. The third-order valence-corrected chi connectivity index (χ3v) is 3.76. The fraction of sp³-hybridized carbons (Fsp3) is 0.471. The van der Waals surface area contributed by atoms with Gasteiger partial charge in [0.25, 0.3) is 0 Å². The second-order valence-corrected chi connectivity index (χ2v) is 5.38. The Morgan fingerprint density at radius 3 is 2.67 bits per heavy atom. The number of ether oxygens (including phenoxy) is 1. The number of benzene rings is 1. The van der Waals surface area contributed by atoms with Gasteiger partial charge < -0.3 is 20.3 Å². The summed E-state index contributed by atoms with van der Waals surface area (Å²) in [5, 5.41) is 14.4. The molecule has 24 heavy (non-hydrogen) atoms. The van der Waals surface area contributed by atoms with Gasteiger partial charge in [0.05, 0.1) is 12.8 Å². The third kappa shape index (κ3) is 4.79. The fourth-order valence-corrected chi connectivity index (χ4v) is 2.42. The molecule has 0 bridgehead atoms. The van der Waals surface area contributed by atoms with Crippen molar-refractivity contribution < 1.29 is 4.74 Å². The molecular weight excluding hydrogens is 304 g/mol. The standard InChI is InChI=1S/C17H26N6O/c1-5-23(6-2)14-7-8-15(13(3)11-14)20-17-21-16(12-19-22-17)18-9-10-24-4/h7-8,11-12H,5-6,9-10H2,1-4H3,(H2,18,20,21,22). The number of nitrogens with one attached hydrogen (secondary N) is 2. The number of nitrogens with zero attached hydrogens (tertiary/aromatic N) is 4. The number of aromatic nitrogens is 3. The summed E-state index contributed by atoms with van der Waals surface area (Å²) in [6.45, 7) is 9.66. The number of hydrogen-bond donors (Lipinski definition) is 2. The zero-order valence-corrected chi connectivity index (χ0v) is 14.8. The van der Waals surface area contributed by atoms with E-state index in [9.17, 15) is 0 Å². The Balaban J connectivity index is 2.09. The lowest BCUT2D eigenvalue weighted by Gasteiger charge is -2.22. The van der Waals surface area contributed by atoms with E-state index in [-0.39, 0.29) is 0 Å². The summed E-state index contributed by atoms with van der Waals surface area (Å²) >= 11 is 0. The highest BCUT2D eigenvalue weighted by atomic mass is 16.5. The van der Waals surface area contributed by atoms with E-state index in [1.54, 1.807) is 13.3 Å². The van der Waals surface area contributed by atoms with Gasteiger partial charge in [0, 0.05) is 38.1 Å². The Kier molecular flexibility index (Phi) is 6.74. The predicted molar refractivity (Wildman–Crippen MR) is 98.2 cm³/mol. The number of hydrogen-bond acceptors (Lipinski definition) is 7. The third-order valence-electron chi connectivity index (χ3n) is 3.76. The van der Waals surface area contributed by atoms with Gasteiger partial charge in [-0.15, -0.1) is 5.10 Å². The van der Waals surface area contributed by atoms with E-state index >= 15 is 0 Å². The van der Waals surface area contributed by atoms with Crippen LogP contribution < -0.4 is 15.5 Å². The molecule has 1 heterocycles. The van der Waals surface area contributed by atoms with E-state index in [1.165, 1.54) is 5.69 Å². The highest BCUT2D eigenvalue weighted by Gasteiger charge is 2.07. The highest BCUT2D eigenvalue weighted by Crippen LogP contribution is 2.24. The van der Waals surface area contributed by atoms with Gasteiger partial charge >= 0.3 is 0 Å². The lowest BCUT2D eigenvalue weighted by Crippen LogP contribution is -2.21. The van der Waals surface area contributed by atoms with Crippen molar-refractivity contribution in [2.45, 2.75) is 20.8 Å². The van der Waals surface area contributed by atoms with Gasteiger partial charge in [-0.1, -0.05) is 0 Å². The second kappa shape index (κ2) is 9.02. The van der Waals surface area contributed by atoms with Crippen LogP contribution in [0.25, 0.3) is 0 Å². The van der Waals surface area contributed by atoms with Gasteiger partial charge in [0.2, 0.25) is 5.95 Å². The maximum atomic E-state index is 5.01. The molecule has 0 aliphatic heterocycles. The predicted octanol–water partition coefficient (Wildman–Crippen LogP) is 2.83. The van der Waals surface area contributed by atoms with E-state index in [1.807, 2.05) is 0 Å². The molecule has 0 radical (unpaired) electrons. The van der Waals surface area contributed by atoms with Crippen LogP contribution in [0.2, 0.25) is 0 Å². The molecule has 0 aliphatic rings. The van der Waals surface area contributed by atoms with Gasteiger partial charge in [-0.05, 0) is 44.5 Å². The monoisotopic (exact) mass is 330 g/mol. The number of methoxy groups -OCH3 is 1. The Bertz CT molecular complexity index is 645. The molecule has 7 heteroatoms. The summed E-state index contributed by atoms with van der Waals surface area (Å²) in [6, 6.07) is 6.33. The van der Waals surface area contributed by atoms with Gasteiger partial charge in [-0.3, -0.25) is 0 Å². The molecule has 0 fully saturated rings. The van der Waals surface area contributed by atoms with Crippen molar-refractivity contribution >= 4 is 23.1 Å². The normalized spacial score (nSPS) is 10.5. The smallest absolute Gasteiger partial charge is 0.249 e. The van der Waals surface area contributed by atoms with E-state index in [0.29, 0.717) is 24.9 Å². The number of rotatable bonds is 9. The molecule has 0 spiro atoms. The Labute approximate surface area is 143 Å². The van der Waals surface area contributed by atoms with Gasteiger partial charge in [-0.25, -0.2) is 0 Å². The van der Waals surface area contributed by atoms with E-state index in [2.05, 4.69) is 69.7 Å². The summed E-state index contributed by atoms with van der Waals surface area (Å²) in [6.07, 6.45) is 1.59. The van der Waals surface area contributed by atoms with Gasteiger partial charge in [-0.2, -0.15) is 10.1 Å². The molecule has 2 aromatic rings. The van der Waals surface area contributed by atoms with Crippen molar-refractivity contribution in [1.82, 2.24) is 15.2 Å². The molecular formula is C17H26N6O. The molecule has 0 unspecified atom stereocenters. The highest BCUT2D eigenvalue weighted by molar-refractivity contribution is 5.64. The van der Waals surface area contributed by atoms with Crippen molar-refractivity contribution in [3.8, 4) is 0 Å². The maximum absolute atomic E-state index is 5.01. The van der Waals surface area contributed by atoms with Crippen molar-refractivity contribution in [3.05, 3.63) is 30.0 Å². The first-order valence-electron chi connectivity index (χ1n) is 8.23. The van der Waals surface area contributed by atoms with Crippen molar-refractivity contribution in [2.24, 2.45) is 0 Å². The second-order valence-electron chi connectivity index (χ2n) is 5.38. The van der Waals surface area contributed by atoms with Crippen molar-refractivity contribution in [3.63, 3.8) is 0 Å². The minimum Gasteiger partial charge on any atom is -0.383 e. The molecule has 1 aromatic heterocycles. The van der Waals surface area contributed by atoms with Gasteiger partial charge in [0.15, 0.2) is 5.82 Å². The van der Waals surface area contributed by atoms with E-state index in [4.69, 9.17) is 4.74 Å². The Morgan fingerprint density at radius 2 is 2.00 bits per heavy atom. The number of anilines is 4. The van der Waals surface area contributed by atoms with Crippen LogP contribution in [-0.2, 0) is 4.74 Å². The molecule has 0 saturated heterocycles. The largest absolute Gasteiger partial charge is 0.383 e. The first-order chi connectivity index (χ1) is 11.7. The van der Waals surface area contributed by atoms with Crippen LogP contribution >= 0.6 is 0 Å². The summed E-state index contributed by atoms with van der Waals surface area (Å²) < 4.78 is 5.01. The molecule has 130 valence electrons. The minimum absolute atomic E-state index is 0.469. The maximum Gasteiger partial charge on any atom is 0.249 e. The lowest BCUT2D eigenvalue weighted by atomic mass is 10.1. The molecule has 2 rings (SSSR count). The van der Waals surface area contributed by atoms with Crippen LogP contribution in [0.3, 0.4) is 0 Å².